The lowest BCUT2D eigenvalue weighted by molar-refractivity contribution is 0.0252. The first-order valence-corrected chi connectivity index (χ1v) is 8.47. The van der Waals surface area contributed by atoms with Crippen LogP contribution < -0.4 is 5.32 Å². The molecular weight excluding hydrogens is 288 g/mol. The Morgan fingerprint density at radius 3 is 2.26 bits per heavy atom. The van der Waals surface area contributed by atoms with E-state index in [1.807, 2.05) is 20.8 Å². The van der Waals surface area contributed by atoms with Gasteiger partial charge in [0.05, 0.1) is 0 Å². The van der Waals surface area contributed by atoms with Gasteiger partial charge in [-0.05, 0) is 46.6 Å². The van der Waals surface area contributed by atoms with Gasteiger partial charge in [0.15, 0.2) is 0 Å². The summed E-state index contributed by atoms with van der Waals surface area (Å²) in [6, 6.07) is 6.56. The number of rotatable bonds is 7. The Balaban J connectivity index is 2.45. The van der Waals surface area contributed by atoms with E-state index < -0.39 is 5.60 Å². The molecule has 0 spiro atoms. The molecule has 0 atom stereocenters. The van der Waals surface area contributed by atoms with Crippen LogP contribution in [-0.2, 0) is 11.3 Å². The molecule has 0 saturated carbocycles. The molecule has 1 amide bonds. The molecule has 4 nitrogen and oxygen atoms in total. The van der Waals surface area contributed by atoms with Crippen LogP contribution in [0.2, 0.25) is 0 Å². The van der Waals surface area contributed by atoms with Gasteiger partial charge in [-0.3, -0.25) is 0 Å². The zero-order chi connectivity index (χ0) is 17.5. The average Bonchev–Trinajstić information content (AvgIpc) is 2.39. The highest BCUT2D eigenvalue weighted by atomic mass is 16.6. The van der Waals surface area contributed by atoms with E-state index in [0.29, 0.717) is 6.54 Å². The van der Waals surface area contributed by atoms with Crippen molar-refractivity contribution in [2.75, 3.05) is 19.6 Å². The largest absolute Gasteiger partial charge is 0.444 e. The van der Waals surface area contributed by atoms with Gasteiger partial charge in [0.25, 0.3) is 0 Å². The Labute approximate surface area is 141 Å². The zero-order valence-corrected chi connectivity index (χ0v) is 15.5. The van der Waals surface area contributed by atoms with Crippen molar-refractivity contribution in [3.63, 3.8) is 0 Å². The van der Waals surface area contributed by atoms with Crippen LogP contribution in [0.4, 0.5) is 4.79 Å². The predicted molar refractivity (Wildman–Crippen MR) is 95.7 cm³/mol. The molecule has 4 heteroatoms. The molecule has 0 heterocycles. The van der Waals surface area contributed by atoms with Crippen molar-refractivity contribution in [2.45, 2.75) is 60.1 Å². The Morgan fingerprint density at radius 2 is 1.74 bits per heavy atom. The molecule has 0 radical (unpaired) electrons. The molecule has 0 aliphatic carbocycles. The predicted octanol–water partition coefficient (Wildman–Crippen LogP) is 4.04. The SMILES string of the molecule is CCCN(CCNCc1cc(C)cc(C)c1)C(=O)OC(C)(C)C. The normalized spacial score (nSPS) is 11.4. The van der Waals surface area contributed by atoms with Gasteiger partial charge in [0.2, 0.25) is 0 Å². The number of hydrogen-bond donors (Lipinski definition) is 1. The Bertz CT molecular complexity index is 486. The fraction of sp³-hybridized carbons (Fsp3) is 0.632. The van der Waals surface area contributed by atoms with Gasteiger partial charge in [0, 0.05) is 26.2 Å². The van der Waals surface area contributed by atoms with Crippen molar-refractivity contribution in [2.24, 2.45) is 0 Å². The molecule has 23 heavy (non-hydrogen) atoms. The summed E-state index contributed by atoms with van der Waals surface area (Å²) in [5.41, 5.74) is 3.39. The van der Waals surface area contributed by atoms with E-state index in [2.05, 4.69) is 44.3 Å². The quantitative estimate of drug-likeness (QED) is 0.771. The number of hydrogen-bond acceptors (Lipinski definition) is 3. The van der Waals surface area contributed by atoms with Crippen LogP contribution in [-0.4, -0.2) is 36.2 Å². The van der Waals surface area contributed by atoms with E-state index >= 15 is 0 Å². The fourth-order valence-corrected chi connectivity index (χ4v) is 2.51. The number of aryl methyl sites for hydroxylation is 2. The molecule has 0 unspecified atom stereocenters. The first-order chi connectivity index (χ1) is 10.7. The number of nitrogens with one attached hydrogen (secondary N) is 1. The second-order valence-electron chi connectivity index (χ2n) is 7.14. The van der Waals surface area contributed by atoms with Gasteiger partial charge in [0.1, 0.15) is 5.60 Å². The zero-order valence-electron chi connectivity index (χ0n) is 15.5. The summed E-state index contributed by atoms with van der Waals surface area (Å²) in [5.74, 6) is 0. The van der Waals surface area contributed by atoms with Gasteiger partial charge in [-0.15, -0.1) is 0 Å². The second kappa shape index (κ2) is 8.92. The van der Waals surface area contributed by atoms with Gasteiger partial charge < -0.3 is 15.0 Å². The van der Waals surface area contributed by atoms with Crippen LogP contribution in [0.3, 0.4) is 0 Å². The molecule has 0 bridgehead atoms. The third kappa shape index (κ3) is 8.03. The molecule has 1 rings (SSSR count). The second-order valence-corrected chi connectivity index (χ2v) is 7.14. The van der Waals surface area contributed by atoms with Gasteiger partial charge in [-0.2, -0.15) is 0 Å². The third-order valence-corrected chi connectivity index (χ3v) is 3.31. The molecule has 1 aromatic carbocycles. The lowest BCUT2D eigenvalue weighted by atomic mass is 10.1. The van der Waals surface area contributed by atoms with Crippen molar-refractivity contribution in [3.05, 3.63) is 34.9 Å². The number of carbonyl (C=O) groups excluding carboxylic acids is 1. The highest BCUT2D eigenvalue weighted by Crippen LogP contribution is 2.10. The maximum absolute atomic E-state index is 12.2. The third-order valence-electron chi connectivity index (χ3n) is 3.31. The van der Waals surface area contributed by atoms with Gasteiger partial charge in [-0.1, -0.05) is 36.2 Å². The van der Waals surface area contributed by atoms with E-state index in [1.54, 1.807) is 4.90 Å². The van der Waals surface area contributed by atoms with Crippen LogP contribution in [0.25, 0.3) is 0 Å². The highest BCUT2D eigenvalue weighted by Gasteiger charge is 2.21. The Hall–Kier alpha value is -1.55. The van der Waals surface area contributed by atoms with Crippen LogP contribution >= 0.6 is 0 Å². The molecule has 1 N–H and O–H groups in total. The van der Waals surface area contributed by atoms with Gasteiger partial charge in [-0.25, -0.2) is 4.79 Å². The lowest BCUT2D eigenvalue weighted by Gasteiger charge is -2.27. The fourth-order valence-electron chi connectivity index (χ4n) is 2.51. The van der Waals surface area contributed by atoms with Gasteiger partial charge >= 0.3 is 6.09 Å². The number of nitrogens with zero attached hydrogens (tertiary/aromatic N) is 1. The average molecular weight is 320 g/mol. The summed E-state index contributed by atoms with van der Waals surface area (Å²) in [4.78, 5) is 14.0. The maximum Gasteiger partial charge on any atom is 0.410 e. The van der Waals surface area contributed by atoms with Crippen LogP contribution in [0.5, 0.6) is 0 Å². The summed E-state index contributed by atoms with van der Waals surface area (Å²) < 4.78 is 5.46. The maximum atomic E-state index is 12.2. The number of carbonyl (C=O) groups is 1. The van der Waals surface area contributed by atoms with Crippen LogP contribution in [0.15, 0.2) is 18.2 Å². The minimum absolute atomic E-state index is 0.229. The van der Waals surface area contributed by atoms with Crippen molar-refractivity contribution in [1.29, 1.82) is 0 Å². The van der Waals surface area contributed by atoms with E-state index in [4.69, 9.17) is 4.74 Å². The minimum atomic E-state index is -0.449. The van der Waals surface area contributed by atoms with Crippen molar-refractivity contribution in [1.82, 2.24) is 10.2 Å². The molecule has 0 aliphatic heterocycles. The summed E-state index contributed by atoms with van der Waals surface area (Å²) in [7, 11) is 0. The number of amides is 1. The smallest absolute Gasteiger partial charge is 0.410 e. The first kappa shape index (κ1) is 19.5. The van der Waals surface area contributed by atoms with Crippen LogP contribution in [0.1, 0.15) is 50.8 Å². The van der Waals surface area contributed by atoms with E-state index in [0.717, 1.165) is 26.1 Å². The topological polar surface area (TPSA) is 41.6 Å². The lowest BCUT2D eigenvalue weighted by Crippen LogP contribution is -2.40. The first-order valence-electron chi connectivity index (χ1n) is 8.47. The number of ether oxygens (including phenoxy) is 1. The standard InChI is InChI=1S/C19H32N2O2/c1-7-9-21(18(22)23-19(4,5)6)10-8-20-14-17-12-15(2)11-16(3)13-17/h11-13,20H,7-10,14H2,1-6H3. The molecule has 0 aromatic heterocycles. The van der Waals surface area contributed by atoms with Crippen molar-refractivity contribution in [3.8, 4) is 0 Å². The molecule has 1 aromatic rings. The molecule has 0 fully saturated rings. The minimum Gasteiger partial charge on any atom is -0.444 e. The molecule has 0 aliphatic rings. The summed E-state index contributed by atoms with van der Waals surface area (Å²) >= 11 is 0. The molecular formula is C19H32N2O2. The van der Waals surface area contributed by atoms with Crippen molar-refractivity contribution >= 4 is 6.09 Å². The Morgan fingerprint density at radius 1 is 1.13 bits per heavy atom. The Kier molecular flexibility index (Phi) is 7.56. The van der Waals surface area contributed by atoms with E-state index in [9.17, 15) is 4.79 Å². The number of benzene rings is 1. The highest BCUT2D eigenvalue weighted by molar-refractivity contribution is 5.68. The van der Waals surface area contributed by atoms with Crippen molar-refractivity contribution < 1.29 is 9.53 Å². The molecule has 130 valence electrons. The summed E-state index contributed by atoms with van der Waals surface area (Å²) in [5, 5.41) is 3.41. The summed E-state index contributed by atoms with van der Waals surface area (Å²) in [6.45, 7) is 14.9. The van der Waals surface area contributed by atoms with E-state index in [-0.39, 0.29) is 6.09 Å². The van der Waals surface area contributed by atoms with E-state index in [1.165, 1.54) is 16.7 Å². The summed E-state index contributed by atoms with van der Waals surface area (Å²) in [6.07, 6.45) is 0.698. The monoisotopic (exact) mass is 320 g/mol. The van der Waals surface area contributed by atoms with Crippen LogP contribution in [0, 0.1) is 13.8 Å². The molecule has 0 saturated heterocycles.